The van der Waals surface area contributed by atoms with E-state index in [2.05, 4.69) is 10.3 Å². The highest BCUT2D eigenvalue weighted by Crippen LogP contribution is 2.34. The molecule has 2 rings (SSSR count). The fraction of sp³-hybridized carbons (Fsp3) is 0.250. The van der Waals surface area contributed by atoms with Gasteiger partial charge in [-0.15, -0.1) is 11.3 Å². The van der Waals surface area contributed by atoms with Crippen LogP contribution in [0.3, 0.4) is 0 Å². The van der Waals surface area contributed by atoms with E-state index in [0.29, 0.717) is 17.2 Å². The molecule has 0 amide bonds. The Labute approximate surface area is 117 Å². The second-order valence-corrected chi connectivity index (χ2v) is 4.62. The molecule has 0 aliphatic carbocycles. The van der Waals surface area contributed by atoms with Crippen molar-refractivity contribution in [2.45, 2.75) is 6.18 Å². The van der Waals surface area contributed by atoms with Crippen LogP contribution in [0.5, 0.6) is 11.5 Å². The van der Waals surface area contributed by atoms with E-state index in [1.54, 1.807) is 18.2 Å². The van der Waals surface area contributed by atoms with Crippen LogP contribution >= 0.6 is 11.3 Å². The zero-order valence-electron chi connectivity index (χ0n) is 10.6. The minimum absolute atomic E-state index is 0.146. The van der Waals surface area contributed by atoms with Crippen LogP contribution in [0, 0.1) is 0 Å². The number of halogens is 3. The standard InChI is InChI=1S/C12H11F3N2O2S/c1-18-8-3-7(4-9(5-8)19-2)16-11-17-10(6-20-11)12(13,14)15/h3-6H,1-2H3,(H,16,17). The number of nitrogens with one attached hydrogen (secondary N) is 1. The summed E-state index contributed by atoms with van der Waals surface area (Å²) in [5.74, 6) is 1.05. The average molecular weight is 304 g/mol. The Morgan fingerprint density at radius 2 is 1.70 bits per heavy atom. The minimum atomic E-state index is -4.44. The smallest absolute Gasteiger partial charge is 0.434 e. The van der Waals surface area contributed by atoms with E-state index < -0.39 is 11.9 Å². The van der Waals surface area contributed by atoms with Gasteiger partial charge in [-0.2, -0.15) is 13.2 Å². The highest BCUT2D eigenvalue weighted by Gasteiger charge is 2.33. The SMILES string of the molecule is COc1cc(Nc2nc(C(F)(F)F)cs2)cc(OC)c1. The number of rotatable bonds is 4. The molecule has 1 aromatic carbocycles. The van der Waals surface area contributed by atoms with Crippen molar-refractivity contribution in [1.82, 2.24) is 4.98 Å². The lowest BCUT2D eigenvalue weighted by atomic mass is 10.3. The number of alkyl halides is 3. The van der Waals surface area contributed by atoms with Crippen molar-refractivity contribution in [1.29, 1.82) is 0 Å². The van der Waals surface area contributed by atoms with Crippen LogP contribution in [0.25, 0.3) is 0 Å². The first kappa shape index (κ1) is 14.4. The molecule has 0 radical (unpaired) electrons. The lowest BCUT2D eigenvalue weighted by Crippen LogP contribution is -2.05. The molecular weight excluding hydrogens is 293 g/mol. The van der Waals surface area contributed by atoms with Crippen LogP contribution in [0.2, 0.25) is 0 Å². The maximum absolute atomic E-state index is 12.5. The number of methoxy groups -OCH3 is 2. The van der Waals surface area contributed by atoms with Gasteiger partial charge in [-0.05, 0) is 0 Å². The molecular formula is C12H11F3N2O2S. The lowest BCUT2D eigenvalue weighted by Gasteiger charge is -2.08. The molecule has 0 bridgehead atoms. The number of benzene rings is 1. The Hall–Kier alpha value is -1.96. The van der Waals surface area contributed by atoms with E-state index in [4.69, 9.17) is 9.47 Å². The third-order valence-corrected chi connectivity index (χ3v) is 3.16. The molecule has 1 heterocycles. The van der Waals surface area contributed by atoms with E-state index in [1.807, 2.05) is 0 Å². The molecule has 8 heteroatoms. The number of aromatic nitrogens is 1. The molecule has 0 saturated carbocycles. The van der Waals surface area contributed by atoms with Gasteiger partial charge in [0, 0.05) is 29.3 Å². The number of hydrogen-bond donors (Lipinski definition) is 1. The average Bonchev–Trinajstić information content (AvgIpc) is 2.86. The zero-order valence-corrected chi connectivity index (χ0v) is 11.4. The van der Waals surface area contributed by atoms with Gasteiger partial charge in [0.2, 0.25) is 0 Å². The summed E-state index contributed by atoms with van der Waals surface area (Å²) in [5, 5.41) is 3.90. The van der Waals surface area contributed by atoms with Crippen LogP contribution in [0.4, 0.5) is 24.0 Å². The van der Waals surface area contributed by atoms with Gasteiger partial charge in [0.25, 0.3) is 0 Å². The maximum Gasteiger partial charge on any atom is 0.434 e. The molecule has 1 N–H and O–H groups in total. The second-order valence-electron chi connectivity index (χ2n) is 3.76. The zero-order chi connectivity index (χ0) is 14.8. The van der Waals surface area contributed by atoms with E-state index >= 15 is 0 Å². The first-order valence-corrected chi connectivity index (χ1v) is 6.33. The summed E-state index contributed by atoms with van der Waals surface area (Å²) in [5.41, 5.74) is -0.385. The molecule has 108 valence electrons. The van der Waals surface area contributed by atoms with Crippen molar-refractivity contribution in [2.24, 2.45) is 0 Å². The number of hydrogen-bond acceptors (Lipinski definition) is 5. The first-order chi connectivity index (χ1) is 9.42. The molecule has 0 aliphatic heterocycles. The molecule has 0 atom stereocenters. The lowest BCUT2D eigenvalue weighted by molar-refractivity contribution is -0.140. The van der Waals surface area contributed by atoms with Gasteiger partial charge in [-0.25, -0.2) is 4.98 Å². The Balaban J connectivity index is 2.23. The van der Waals surface area contributed by atoms with Crippen LogP contribution in [-0.2, 0) is 6.18 Å². The number of anilines is 2. The van der Waals surface area contributed by atoms with Crippen molar-refractivity contribution in [3.8, 4) is 11.5 Å². The van der Waals surface area contributed by atoms with Gasteiger partial charge < -0.3 is 14.8 Å². The molecule has 0 fully saturated rings. The Bertz CT molecular complexity index is 576. The number of thiazole rings is 1. The van der Waals surface area contributed by atoms with Crippen molar-refractivity contribution >= 4 is 22.2 Å². The van der Waals surface area contributed by atoms with Crippen molar-refractivity contribution in [3.05, 3.63) is 29.3 Å². The normalized spacial score (nSPS) is 11.2. The minimum Gasteiger partial charge on any atom is -0.497 e. The Morgan fingerprint density at radius 1 is 1.10 bits per heavy atom. The Kier molecular flexibility index (Phi) is 4.03. The molecule has 0 unspecified atom stereocenters. The van der Waals surface area contributed by atoms with E-state index in [-0.39, 0.29) is 5.13 Å². The van der Waals surface area contributed by atoms with E-state index in [0.717, 1.165) is 16.7 Å². The highest BCUT2D eigenvalue weighted by molar-refractivity contribution is 7.13. The Morgan fingerprint density at radius 3 is 2.15 bits per heavy atom. The molecule has 4 nitrogen and oxygen atoms in total. The van der Waals surface area contributed by atoms with Gasteiger partial charge in [-0.1, -0.05) is 0 Å². The third kappa shape index (κ3) is 3.32. The molecule has 2 aromatic rings. The van der Waals surface area contributed by atoms with Gasteiger partial charge in [-0.3, -0.25) is 0 Å². The van der Waals surface area contributed by atoms with Gasteiger partial charge in [0.1, 0.15) is 11.5 Å². The first-order valence-electron chi connectivity index (χ1n) is 5.45. The van der Waals surface area contributed by atoms with Crippen molar-refractivity contribution in [2.75, 3.05) is 19.5 Å². The summed E-state index contributed by atoms with van der Waals surface area (Å²) in [7, 11) is 2.98. The van der Waals surface area contributed by atoms with Crippen LogP contribution in [-0.4, -0.2) is 19.2 Å². The van der Waals surface area contributed by atoms with Gasteiger partial charge >= 0.3 is 6.18 Å². The fourth-order valence-electron chi connectivity index (χ4n) is 1.46. The summed E-state index contributed by atoms with van der Waals surface area (Å²) in [6.45, 7) is 0. The second kappa shape index (κ2) is 5.58. The van der Waals surface area contributed by atoms with Crippen LogP contribution in [0.15, 0.2) is 23.6 Å². The monoisotopic (exact) mass is 304 g/mol. The predicted octanol–water partition coefficient (Wildman–Crippen LogP) is 3.92. The third-order valence-electron chi connectivity index (χ3n) is 2.40. The quantitative estimate of drug-likeness (QED) is 0.929. The van der Waals surface area contributed by atoms with Gasteiger partial charge in [0.15, 0.2) is 10.8 Å². The van der Waals surface area contributed by atoms with Crippen molar-refractivity contribution in [3.63, 3.8) is 0 Å². The maximum atomic E-state index is 12.5. The summed E-state index contributed by atoms with van der Waals surface area (Å²) in [6.07, 6.45) is -4.44. The largest absolute Gasteiger partial charge is 0.497 e. The van der Waals surface area contributed by atoms with Crippen LogP contribution < -0.4 is 14.8 Å². The predicted molar refractivity (Wildman–Crippen MR) is 69.9 cm³/mol. The molecule has 0 saturated heterocycles. The summed E-state index contributed by atoms with van der Waals surface area (Å²) >= 11 is 0.874. The summed E-state index contributed by atoms with van der Waals surface area (Å²) < 4.78 is 47.5. The highest BCUT2D eigenvalue weighted by atomic mass is 32.1. The van der Waals surface area contributed by atoms with Crippen LogP contribution in [0.1, 0.15) is 5.69 Å². The molecule has 0 aliphatic rings. The van der Waals surface area contributed by atoms with E-state index in [1.165, 1.54) is 14.2 Å². The van der Waals surface area contributed by atoms with Gasteiger partial charge in [0.05, 0.1) is 14.2 Å². The summed E-state index contributed by atoms with van der Waals surface area (Å²) in [4.78, 5) is 3.49. The van der Waals surface area contributed by atoms with Crippen molar-refractivity contribution < 1.29 is 22.6 Å². The molecule has 1 aromatic heterocycles. The topological polar surface area (TPSA) is 43.4 Å². The summed E-state index contributed by atoms with van der Waals surface area (Å²) in [6, 6.07) is 4.93. The molecule has 20 heavy (non-hydrogen) atoms. The van der Waals surface area contributed by atoms with E-state index in [9.17, 15) is 13.2 Å². The molecule has 0 spiro atoms. The fourth-order valence-corrected chi connectivity index (χ4v) is 2.20. The number of ether oxygens (including phenoxy) is 2. The number of nitrogens with zero attached hydrogens (tertiary/aromatic N) is 1.